The van der Waals surface area contributed by atoms with Crippen molar-refractivity contribution < 1.29 is 18.7 Å². The fourth-order valence-corrected chi connectivity index (χ4v) is 4.07. The number of nitrogens with zero attached hydrogens (tertiary/aromatic N) is 1. The lowest BCUT2D eigenvalue weighted by atomic mass is 9.93. The van der Waals surface area contributed by atoms with Crippen LogP contribution in [-0.4, -0.2) is 24.1 Å². The maximum atomic E-state index is 12.7. The van der Waals surface area contributed by atoms with Crippen LogP contribution in [-0.2, 0) is 11.2 Å². The topological polar surface area (TPSA) is 92.9 Å². The van der Waals surface area contributed by atoms with E-state index in [1.807, 2.05) is 25.1 Å². The summed E-state index contributed by atoms with van der Waals surface area (Å²) in [5, 5.41) is 7.91. The van der Waals surface area contributed by atoms with Gasteiger partial charge >= 0.3 is 0 Å². The SMILES string of the molecule is Cc1c(C(=O)Nc2ccccc2)oc2c1/C(=N/NC(=O)COc1ccc(Cl)cc1Cl)CCC2. The number of hydrogen-bond donors (Lipinski definition) is 2. The minimum atomic E-state index is -0.441. The van der Waals surface area contributed by atoms with E-state index in [9.17, 15) is 9.59 Å². The largest absolute Gasteiger partial charge is 0.482 e. The Morgan fingerprint density at radius 2 is 1.91 bits per heavy atom. The third-order valence-electron chi connectivity index (χ3n) is 5.13. The van der Waals surface area contributed by atoms with Gasteiger partial charge in [-0.25, -0.2) is 5.43 Å². The lowest BCUT2D eigenvalue weighted by molar-refractivity contribution is -0.123. The molecule has 7 nitrogen and oxygen atoms in total. The van der Waals surface area contributed by atoms with Crippen molar-refractivity contribution in [2.45, 2.75) is 26.2 Å². The van der Waals surface area contributed by atoms with Crippen LogP contribution in [0.2, 0.25) is 10.0 Å². The molecule has 3 aromatic rings. The molecule has 0 aliphatic heterocycles. The first-order valence-electron chi connectivity index (χ1n) is 10.3. The monoisotopic (exact) mass is 485 g/mol. The third-order valence-corrected chi connectivity index (χ3v) is 5.66. The number of rotatable bonds is 6. The van der Waals surface area contributed by atoms with Crippen LogP contribution in [0.4, 0.5) is 5.69 Å². The number of halogens is 2. The van der Waals surface area contributed by atoms with Gasteiger partial charge in [0.25, 0.3) is 11.8 Å². The molecule has 1 aliphatic rings. The van der Waals surface area contributed by atoms with Gasteiger partial charge in [-0.05, 0) is 50.1 Å². The summed E-state index contributed by atoms with van der Waals surface area (Å²) in [7, 11) is 0. The number of amides is 2. The lowest BCUT2D eigenvalue weighted by Crippen LogP contribution is -2.27. The molecule has 0 fully saturated rings. The van der Waals surface area contributed by atoms with Crippen molar-refractivity contribution in [1.29, 1.82) is 0 Å². The molecule has 0 bridgehead atoms. The highest BCUT2D eigenvalue weighted by Crippen LogP contribution is 2.30. The van der Waals surface area contributed by atoms with Crippen molar-refractivity contribution in [3.8, 4) is 5.75 Å². The predicted molar refractivity (Wildman–Crippen MR) is 127 cm³/mol. The number of ether oxygens (including phenoxy) is 1. The Labute approximate surface area is 200 Å². The molecule has 0 unspecified atom stereocenters. The maximum Gasteiger partial charge on any atom is 0.291 e. The highest BCUT2D eigenvalue weighted by atomic mass is 35.5. The number of furan rings is 1. The first-order chi connectivity index (χ1) is 15.9. The predicted octanol–water partition coefficient (Wildman–Crippen LogP) is 5.38. The number of hydrazone groups is 1. The van der Waals surface area contributed by atoms with Gasteiger partial charge in [-0.2, -0.15) is 5.10 Å². The third kappa shape index (κ3) is 5.38. The Hall–Kier alpha value is -3.29. The molecule has 0 atom stereocenters. The van der Waals surface area contributed by atoms with Crippen LogP contribution < -0.4 is 15.5 Å². The van der Waals surface area contributed by atoms with Crippen molar-refractivity contribution in [3.63, 3.8) is 0 Å². The number of carbonyl (C=O) groups is 2. The second kappa shape index (κ2) is 10.1. The second-order valence-electron chi connectivity index (χ2n) is 7.48. The number of para-hydroxylation sites is 1. The van der Waals surface area contributed by atoms with E-state index in [0.29, 0.717) is 51.4 Å². The van der Waals surface area contributed by atoms with E-state index in [2.05, 4.69) is 15.8 Å². The molecule has 1 aliphatic carbocycles. The summed E-state index contributed by atoms with van der Waals surface area (Å²) in [5.41, 5.74) is 5.31. The molecular formula is C24H21Cl2N3O4. The molecule has 2 aromatic carbocycles. The molecule has 2 N–H and O–H groups in total. The smallest absolute Gasteiger partial charge is 0.291 e. The zero-order valence-corrected chi connectivity index (χ0v) is 19.3. The van der Waals surface area contributed by atoms with E-state index in [-0.39, 0.29) is 18.3 Å². The Bertz CT molecular complexity index is 1220. The van der Waals surface area contributed by atoms with Crippen LogP contribution in [0.15, 0.2) is 58.0 Å². The number of fused-ring (bicyclic) bond motifs is 1. The van der Waals surface area contributed by atoms with E-state index in [0.717, 1.165) is 12.0 Å². The van der Waals surface area contributed by atoms with Crippen molar-refractivity contribution in [2.75, 3.05) is 11.9 Å². The molecular weight excluding hydrogens is 465 g/mol. The van der Waals surface area contributed by atoms with Gasteiger partial charge in [0.2, 0.25) is 0 Å². The molecule has 0 radical (unpaired) electrons. The molecule has 170 valence electrons. The van der Waals surface area contributed by atoms with E-state index in [1.54, 1.807) is 24.3 Å². The number of benzene rings is 2. The van der Waals surface area contributed by atoms with E-state index in [4.69, 9.17) is 32.4 Å². The highest BCUT2D eigenvalue weighted by molar-refractivity contribution is 6.35. The molecule has 0 saturated heterocycles. The van der Waals surface area contributed by atoms with E-state index < -0.39 is 5.91 Å². The molecule has 1 aromatic heterocycles. The second-order valence-corrected chi connectivity index (χ2v) is 8.33. The Kier molecular flexibility index (Phi) is 7.01. The number of anilines is 1. The zero-order valence-electron chi connectivity index (χ0n) is 17.8. The quantitative estimate of drug-likeness (QED) is 0.458. The average molecular weight is 486 g/mol. The van der Waals surface area contributed by atoms with Crippen molar-refractivity contribution in [3.05, 3.63) is 81.2 Å². The molecule has 4 rings (SSSR count). The lowest BCUT2D eigenvalue weighted by Gasteiger charge is -2.13. The normalized spacial score (nSPS) is 14.0. The summed E-state index contributed by atoms with van der Waals surface area (Å²) in [6, 6.07) is 13.9. The van der Waals surface area contributed by atoms with E-state index >= 15 is 0 Å². The Morgan fingerprint density at radius 1 is 1.12 bits per heavy atom. The average Bonchev–Trinajstić information content (AvgIpc) is 3.15. The molecule has 0 spiro atoms. The molecule has 33 heavy (non-hydrogen) atoms. The number of hydrogen-bond acceptors (Lipinski definition) is 5. The summed E-state index contributed by atoms with van der Waals surface area (Å²) in [5.74, 6) is 0.511. The van der Waals surface area contributed by atoms with Gasteiger partial charge in [-0.1, -0.05) is 41.4 Å². The van der Waals surface area contributed by atoms with Crippen molar-refractivity contribution >= 4 is 46.4 Å². The van der Waals surface area contributed by atoms with Crippen LogP contribution in [0.25, 0.3) is 0 Å². The number of carbonyl (C=O) groups excluding carboxylic acids is 2. The fourth-order valence-electron chi connectivity index (χ4n) is 3.60. The van der Waals surface area contributed by atoms with E-state index in [1.165, 1.54) is 6.07 Å². The van der Waals surface area contributed by atoms with Crippen LogP contribution in [0, 0.1) is 6.92 Å². The maximum absolute atomic E-state index is 12.7. The van der Waals surface area contributed by atoms with Gasteiger partial charge in [0.05, 0.1) is 10.7 Å². The Morgan fingerprint density at radius 3 is 2.67 bits per heavy atom. The fraction of sp³-hybridized carbons (Fsp3) is 0.208. The van der Waals surface area contributed by atoms with Crippen LogP contribution in [0.5, 0.6) is 5.75 Å². The highest BCUT2D eigenvalue weighted by Gasteiger charge is 2.28. The van der Waals surface area contributed by atoms with Crippen LogP contribution in [0.1, 0.15) is 40.3 Å². The molecule has 1 heterocycles. The number of aryl methyl sites for hydroxylation is 1. The summed E-state index contributed by atoms with van der Waals surface area (Å²) in [6.07, 6.45) is 2.14. The van der Waals surface area contributed by atoms with Gasteiger partial charge < -0.3 is 14.5 Å². The summed E-state index contributed by atoms with van der Waals surface area (Å²) < 4.78 is 11.3. The van der Waals surface area contributed by atoms with Gasteiger partial charge in [0.15, 0.2) is 12.4 Å². The summed E-state index contributed by atoms with van der Waals surface area (Å²) >= 11 is 11.9. The van der Waals surface area contributed by atoms with Gasteiger partial charge in [0, 0.05) is 28.3 Å². The van der Waals surface area contributed by atoms with Crippen molar-refractivity contribution in [1.82, 2.24) is 5.43 Å². The van der Waals surface area contributed by atoms with Gasteiger partial charge in [-0.3, -0.25) is 9.59 Å². The van der Waals surface area contributed by atoms with Gasteiger partial charge in [-0.15, -0.1) is 0 Å². The van der Waals surface area contributed by atoms with Crippen molar-refractivity contribution in [2.24, 2.45) is 5.10 Å². The minimum absolute atomic E-state index is 0.241. The first-order valence-corrected chi connectivity index (χ1v) is 11.1. The van der Waals surface area contributed by atoms with Gasteiger partial charge in [0.1, 0.15) is 11.5 Å². The minimum Gasteiger partial charge on any atom is -0.482 e. The molecule has 0 saturated carbocycles. The molecule has 2 amide bonds. The Balaban J connectivity index is 1.44. The standard InChI is InChI=1S/C24H21Cl2N3O4/c1-14-22-18(28-29-21(30)13-32-19-11-10-15(25)12-17(19)26)8-5-9-20(22)33-23(14)24(31)27-16-6-3-2-4-7-16/h2-4,6-7,10-12H,5,8-9,13H2,1H3,(H,27,31)(H,29,30)/b28-18+. The summed E-state index contributed by atoms with van der Waals surface area (Å²) in [4.78, 5) is 25.0. The zero-order chi connectivity index (χ0) is 23.4. The number of nitrogens with one attached hydrogen (secondary N) is 2. The first kappa shape index (κ1) is 22.9. The van der Waals surface area contributed by atoms with Crippen LogP contribution in [0.3, 0.4) is 0 Å². The molecule has 9 heteroatoms. The van der Waals surface area contributed by atoms with Crippen LogP contribution >= 0.6 is 23.2 Å². The summed E-state index contributed by atoms with van der Waals surface area (Å²) in [6.45, 7) is 1.55.